The molecule has 1 fully saturated rings. The van der Waals surface area contributed by atoms with Crippen LogP contribution in [0.3, 0.4) is 0 Å². The number of pyridine rings is 1. The fourth-order valence-corrected chi connectivity index (χ4v) is 1.79. The lowest BCUT2D eigenvalue weighted by Gasteiger charge is -2.12. The SMILES string of the molecule is CC(C)c1cncc(C2(C(=O)O)CC2)c1. The van der Waals surface area contributed by atoms with Crippen molar-refractivity contribution in [1.29, 1.82) is 0 Å². The van der Waals surface area contributed by atoms with Crippen molar-refractivity contribution in [3.05, 3.63) is 29.6 Å². The Morgan fingerprint density at radius 2 is 2.13 bits per heavy atom. The number of carboxylic acids is 1. The first-order valence-corrected chi connectivity index (χ1v) is 5.25. The quantitative estimate of drug-likeness (QED) is 0.823. The maximum Gasteiger partial charge on any atom is 0.314 e. The highest BCUT2D eigenvalue weighted by Crippen LogP contribution is 2.48. The van der Waals surface area contributed by atoms with E-state index in [1.807, 2.05) is 12.3 Å². The first-order valence-electron chi connectivity index (χ1n) is 5.25. The molecule has 80 valence electrons. The summed E-state index contributed by atoms with van der Waals surface area (Å²) in [5.41, 5.74) is 1.35. The van der Waals surface area contributed by atoms with Gasteiger partial charge in [-0.15, -0.1) is 0 Å². The minimum Gasteiger partial charge on any atom is -0.481 e. The van der Waals surface area contributed by atoms with Crippen molar-refractivity contribution in [1.82, 2.24) is 4.98 Å². The molecule has 3 heteroatoms. The molecule has 3 nitrogen and oxygen atoms in total. The van der Waals surface area contributed by atoms with Crippen LogP contribution in [0, 0.1) is 0 Å². The van der Waals surface area contributed by atoms with E-state index in [0.717, 1.165) is 24.0 Å². The zero-order valence-corrected chi connectivity index (χ0v) is 9.03. The predicted octanol–water partition coefficient (Wildman–Crippen LogP) is 2.32. The lowest BCUT2D eigenvalue weighted by atomic mass is 9.94. The summed E-state index contributed by atoms with van der Waals surface area (Å²) in [6, 6.07) is 1.98. The van der Waals surface area contributed by atoms with Gasteiger partial charge in [0.1, 0.15) is 0 Å². The number of rotatable bonds is 3. The van der Waals surface area contributed by atoms with Crippen LogP contribution in [0.15, 0.2) is 18.5 Å². The van der Waals surface area contributed by atoms with Crippen molar-refractivity contribution in [2.75, 3.05) is 0 Å². The van der Waals surface area contributed by atoms with Gasteiger partial charge in [0.2, 0.25) is 0 Å². The van der Waals surface area contributed by atoms with Crippen LogP contribution in [0.2, 0.25) is 0 Å². The van der Waals surface area contributed by atoms with Crippen molar-refractivity contribution in [2.24, 2.45) is 0 Å². The molecule has 0 atom stereocenters. The first-order chi connectivity index (χ1) is 7.06. The van der Waals surface area contributed by atoms with Gasteiger partial charge in [-0.1, -0.05) is 19.9 Å². The maximum absolute atomic E-state index is 11.1. The van der Waals surface area contributed by atoms with E-state index in [0.29, 0.717) is 5.92 Å². The van der Waals surface area contributed by atoms with E-state index in [-0.39, 0.29) is 0 Å². The molecule has 1 aromatic heterocycles. The summed E-state index contributed by atoms with van der Waals surface area (Å²) in [6.45, 7) is 4.17. The van der Waals surface area contributed by atoms with Crippen LogP contribution in [-0.2, 0) is 10.2 Å². The number of aromatic nitrogens is 1. The second kappa shape index (κ2) is 3.33. The lowest BCUT2D eigenvalue weighted by molar-refractivity contribution is -0.140. The second-order valence-electron chi connectivity index (χ2n) is 4.55. The Labute approximate surface area is 89.2 Å². The van der Waals surface area contributed by atoms with Gasteiger partial charge in [-0.05, 0) is 29.9 Å². The number of hydrogen-bond donors (Lipinski definition) is 1. The largest absolute Gasteiger partial charge is 0.481 e. The van der Waals surface area contributed by atoms with Gasteiger partial charge in [0.25, 0.3) is 0 Å². The Kier molecular flexibility index (Phi) is 2.25. The highest BCUT2D eigenvalue weighted by molar-refractivity contribution is 5.84. The molecular weight excluding hydrogens is 190 g/mol. The average Bonchev–Trinajstić information content (AvgIpc) is 2.98. The number of aliphatic carboxylic acids is 1. The molecule has 1 aliphatic rings. The van der Waals surface area contributed by atoms with Gasteiger partial charge in [-0.2, -0.15) is 0 Å². The number of nitrogens with zero attached hydrogens (tertiary/aromatic N) is 1. The van der Waals surface area contributed by atoms with E-state index < -0.39 is 11.4 Å². The topological polar surface area (TPSA) is 50.2 Å². The van der Waals surface area contributed by atoms with Crippen LogP contribution in [0.5, 0.6) is 0 Å². The van der Waals surface area contributed by atoms with Crippen LogP contribution >= 0.6 is 0 Å². The molecule has 15 heavy (non-hydrogen) atoms. The maximum atomic E-state index is 11.1. The van der Waals surface area contributed by atoms with E-state index in [9.17, 15) is 4.79 Å². The van der Waals surface area contributed by atoms with Crippen molar-refractivity contribution in [2.45, 2.75) is 38.0 Å². The van der Waals surface area contributed by atoms with Crippen LogP contribution < -0.4 is 0 Å². The summed E-state index contributed by atoms with van der Waals surface area (Å²) in [4.78, 5) is 15.3. The van der Waals surface area contributed by atoms with Gasteiger partial charge >= 0.3 is 5.97 Å². The highest BCUT2D eigenvalue weighted by atomic mass is 16.4. The minimum absolute atomic E-state index is 0.391. The molecular formula is C12H15NO2. The Balaban J connectivity index is 2.37. The molecule has 2 rings (SSSR count). The third-order valence-corrected chi connectivity index (χ3v) is 3.14. The van der Waals surface area contributed by atoms with E-state index >= 15 is 0 Å². The molecule has 1 aromatic rings. The van der Waals surface area contributed by atoms with Gasteiger partial charge in [-0.3, -0.25) is 9.78 Å². The highest BCUT2D eigenvalue weighted by Gasteiger charge is 2.52. The molecule has 1 saturated carbocycles. The number of carboxylic acid groups (broad SMARTS) is 1. The Bertz CT molecular complexity index is 394. The lowest BCUT2D eigenvalue weighted by Crippen LogP contribution is -2.19. The fraction of sp³-hybridized carbons (Fsp3) is 0.500. The van der Waals surface area contributed by atoms with Crippen LogP contribution in [0.25, 0.3) is 0 Å². The molecule has 0 radical (unpaired) electrons. The zero-order chi connectivity index (χ0) is 11.1. The molecule has 1 aliphatic carbocycles. The molecule has 0 unspecified atom stereocenters. The van der Waals surface area contributed by atoms with Crippen molar-refractivity contribution < 1.29 is 9.90 Å². The van der Waals surface area contributed by atoms with Gasteiger partial charge < -0.3 is 5.11 Å². The first kappa shape index (κ1) is 10.1. The Morgan fingerprint density at radius 1 is 1.47 bits per heavy atom. The molecule has 0 saturated heterocycles. The average molecular weight is 205 g/mol. The third kappa shape index (κ3) is 1.62. The van der Waals surface area contributed by atoms with E-state index in [1.54, 1.807) is 6.20 Å². The van der Waals surface area contributed by atoms with Gasteiger partial charge in [0, 0.05) is 12.4 Å². The third-order valence-electron chi connectivity index (χ3n) is 3.14. The molecule has 0 bridgehead atoms. The van der Waals surface area contributed by atoms with Gasteiger partial charge in [0.05, 0.1) is 5.41 Å². The minimum atomic E-state index is -0.717. The predicted molar refractivity (Wildman–Crippen MR) is 56.9 cm³/mol. The van der Waals surface area contributed by atoms with Crippen LogP contribution in [-0.4, -0.2) is 16.1 Å². The smallest absolute Gasteiger partial charge is 0.314 e. The standard InChI is InChI=1S/C12H15NO2/c1-8(2)9-5-10(7-13-6-9)12(3-4-12)11(14)15/h5-8H,3-4H2,1-2H3,(H,14,15). The number of hydrogen-bond acceptors (Lipinski definition) is 2. The summed E-state index contributed by atoms with van der Waals surface area (Å²) >= 11 is 0. The van der Waals surface area contributed by atoms with Crippen LogP contribution in [0.1, 0.15) is 43.7 Å². The van der Waals surface area contributed by atoms with E-state index in [4.69, 9.17) is 5.11 Å². The molecule has 1 N–H and O–H groups in total. The monoisotopic (exact) mass is 205 g/mol. The Hall–Kier alpha value is -1.38. The van der Waals surface area contributed by atoms with Gasteiger partial charge in [0.15, 0.2) is 0 Å². The van der Waals surface area contributed by atoms with Gasteiger partial charge in [-0.25, -0.2) is 0 Å². The zero-order valence-electron chi connectivity index (χ0n) is 9.03. The summed E-state index contributed by atoms with van der Waals surface area (Å²) in [7, 11) is 0. The fourth-order valence-electron chi connectivity index (χ4n) is 1.79. The summed E-state index contributed by atoms with van der Waals surface area (Å²) in [6.07, 6.45) is 4.98. The molecule has 0 aromatic carbocycles. The molecule has 1 heterocycles. The summed E-state index contributed by atoms with van der Waals surface area (Å²) in [5, 5.41) is 9.16. The van der Waals surface area contributed by atoms with E-state index in [1.165, 1.54) is 0 Å². The van der Waals surface area contributed by atoms with E-state index in [2.05, 4.69) is 18.8 Å². The van der Waals surface area contributed by atoms with Crippen molar-refractivity contribution in [3.63, 3.8) is 0 Å². The summed E-state index contributed by atoms with van der Waals surface area (Å²) in [5.74, 6) is -0.327. The number of carbonyl (C=O) groups is 1. The molecule has 0 aliphatic heterocycles. The summed E-state index contributed by atoms with van der Waals surface area (Å²) < 4.78 is 0. The Morgan fingerprint density at radius 3 is 2.60 bits per heavy atom. The van der Waals surface area contributed by atoms with Crippen molar-refractivity contribution >= 4 is 5.97 Å². The van der Waals surface area contributed by atoms with Crippen molar-refractivity contribution in [3.8, 4) is 0 Å². The van der Waals surface area contributed by atoms with Crippen LogP contribution in [0.4, 0.5) is 0 Å². The normalized spacial score (nSPS) is 17.8. The molecule has 0 spiro atoms. The molecule has 0 amide bonds. The second-order valence-corrected chi connectivity index (χ2v) is 4.55.